The molecule has 3 rings (SSSR count). The number of likely N-dealkylation sites (tertiary alicyclic amines) is 1. The van der Waals surface area contributed by atoms with Crippen molar-refractivity contribution in [2.75, 3.05) is 52.9 Å². The molecule has 6 nitrogen and oxygen atoms in total. The number of benzene rings is 1. The number of piperazine rings is 1. The van der Waals surface area contributed by atoms with Crippen LogP contribution in [0, 0.1) is 0 Å². The SMILES string of the molecule is CN1CCN([C@H]2CCN(Cc3ccccc3OCC(=O)O)C2)CC1. The van der Waals surface area contributed by atoms with Gasteiger partial charge in [-0.1, -0.05) is 18.2 Å². The average Bonchev–Trinajstić information content (AvgIpc) is 3.03. The van der Waals surface area contributed by atoms with Gasteiger partial charge in [-0.2, -0.15) is 0 Å². The monoisotopic (exact) mass is 333 g/mol. The Balaban J connectivity index is 1.55. The number of aliphatic carboxylic acids is 1. The molecule has 2 heterocycles. The summed E-state index contributed by atoms with van der Waals surface area (Å²) in [6, 6.07) is 8.40. The zero-order valence-electron chi connectivity index (χ0n) is 14.4. The fraction of sp³-hybridized carbons (Fsp3) is 0.611. The second-order valence-electron chi connectivity index (χ2n) is 6.81. The molecule has 0 aromatic heterocycles. The highest BCUT2D eigenvalue weighted by molar-refractivity contribution is 5.68. The Hall–Kier alpha value is -1.63. The predicted octanol–water partition coefficient (Wildman–Crippen LogP) is 0.972. The Kier molecular flexibility index (Phi) is 5.71. The van der Waals surface area contributed by atoms with Crippen molar-refractivity contribution in [2.45, 2.75) is 19.0 Å². The highest BCUT2D eigenvalue weighted by atomic mass is 16.5. The molecular formula is C18H27N3O3. The zero-order chi connectivity index (χ0) is 16.9. The number of ether oxygens (including phenoxy) is 1. The van der Waals surface area contributed by atoms with Crippen LogP contribution in [0.2, 0.25) is 0 Å². The van der Waals surface area contributed by atoms with Crippen LogP contribution in [-0.4, -0.2) is 84.7 Å². The van der Waals surface area contributed by atoms with Crippen molar-refractivity contribution in [1.82, 2.24) is 14.7 Å². The summed E-state index contributed by atoms with van der Waals surface area (Å²) in [5.41, 5.74) is 1.07. The van der Waals surface area contributed by atoms with E-state index in [0.29, 0.717) is 11.8 Å². The molecule has 2 fully saturated rings. The summed E-state index contributed by atoms with van der Waals surface area (Å²) in [5.74, 6) is -0.260. The lowest BCUT2D eigenvalue weighted by atomic mass is 10.2. The van der Waals surface area contributed by atoms with Crippen LogP contribution in [-0.2, 0) is 11.3 Å². The Morgan fingerprint density at radius 1 is 1.21 bits per heavy atom. The van der Waals surface area contributed by atoms with Gasteiger partial charge in [0.15, 0.2) is 6.61 Å². The Bertz CT molecular complexity index is 558. The Morgan fingerprint density at radius 2 is 1.96 bits per heavy atom. The predicted molar refractivity (Wildman–Crippen MR) is 92.3 cm³/mol. The van der Waals surface area contributed by atoms with Crippen LogP contribution in [0.4, 0.5) is 0 Å². The van der Waals surface area contributed by atoms with Gasteiger partial charge in [0.1, 0.15) is 5.75 Å². The number of carboxylic acid groups (broad SMARTS) is 1. The lowest BCUT2D eigenvalue weighted by molar-refractivity contribution is -0.139. The van der Waals surface area contributed by atoms with Crippen molar-refractivity contribution in [2.24, 2.45) is 0 Å². The normalized spacial score (nSPS) is 23.5. The molecule has 2 aliphatic heterocycles. The van der Waals surface area contributed by atoms with E-state index in [0.717, 1.165) is 51.4 Å². The quantitative estimate of drug-likeness (QED) is 0.837. The van der Waals surface area contributed by atoms with E-state index in [-0.39, 0.29) is 6.61 Å². The molecule has 1 atom stereocenters. The number of carboxylic acids is 1. The summed E-state index contributed by atoms with van der Waals surface area (Å²) in [4.78, 5) is 18.2. The Morgan fingerprint density at radius 3 is 2.71 bits per heavy atom. The molecule has 1 aromatic carbocycles. The first-order valence-corrected chi connectivity index (χ1v) is 8.69. The fourth-order valence-electron chi connectivity index (χ4n) is 3.60. The van der Waals surface area contributed by atoms with Gasteiger partial charge in [-0.15, -0.1) is 0 Å². The van der Waals surface area contributed by atoms with Gasteiger partial charge in [-0.05, 0) is 19.5 Å². The van der Waals surface area contributed by atoms with Crippen LogP contribution in [0.15, 0.2) is 24.3 Å². The molecule has 0 aliphatic carbocycles. The van der Waals surface area contributed by atoms with Gasteiger partial charge >= 0.3 is 5.97 Å². The number of hydrogen-bond acceptors (Lipinski definition) is 5. The van der Waals surface area contributed by atoms with Gasteiger partial charge < -0.3 is 14.7 Å². The molecule has 132 valence electrons. The van der Waals surface area contributed by atoms with E-state index in [2.05, 4.69) is 21.7 Å². The standard InChI is InChI=1S/C18H27N3O3/c1-19-8-10-21(11-9-19)16-6-7-20(13-16)12-15-4-2-3-5-17(15)24-14-18(22)23/h2-5,16H,6-14H2,1H3,(H,22,23)/t16-/m0/s1. The fourth-order valence-corrected chi connectivity index (χ4v) is 3.60. The minimum absolute atomic E-state index is 0.291. The van der Waals surface area contributed by atoms with Gasteiger partial charge in [0.25, 0.3) is 0 Å². The molecule has 1 aromatic rings. The topological polar surface area (TPSA) is 56.2 Å². The second-order valence-corrected chi connectivity index (χ2v) is 6.81. The average molecular weight is 333 g/mol. The van der Waals surface area contributed by atoms with Crippen molar-refractivity contribution in [1.29, 1.82) is 0 Å². The van der Waals surface area contributed by atoms with E-state index in [4.69, 9.17) is 9.84 Å². The van der Waals surface area contributed by atoms with Gasteiger partial charge in [-0.3, -0.25) is 9.80 Å². The van der Waals surface area contributed by atoms with Crippen molar-refractivity contribution in [3.05, 3.63) is 29.8 Å². The molecule has 6 heteroatoms. The van der Waals surface area contributed by atoms with Crippen molar-refractivity contribution >= 4 is 5.97 Å². The molecule has 2 saturated heterocycles. The molecule has 0 saturated carbocycles. The third-order valence-electron chi connectivity index (χ3n) is 5.02. The minimum atomic E-state index is -0.943. The maximum absolute atomic E-state index is 10.7. The highest BCUT2D eigenvalue weighted by Crippen LogP contribution is 2.24. The second kappa shape index (κ2) is 7.96. The first kappa shape index (κ1) is 17.2. The van der Waals surface area contributed by atoms with Crippen molar-refractivity contribution in [3.8, 4) is 5.75 Å². The van der Waals surface area contributed by atoms with Crippen LogP contribution in [0.5, 0.6) is 5.75 Å². The van der Waals surface area contributed by atoms with Crippen molar-refractivity contribution in [3.63, 3.8) is 0 Å². The molecule has 0 unspecified atom stereocenters. The minimum Gasteiger partial charge on any atom is -0.482 e. The summed E-state index contributed by atoms with van der Waals surface area (Å²) in [5, 5.41) is 8.80. The van der Waals surface area contributed by atoms with E-state index >= 15 is 0 Å². The van der Waals surface area contributed by atoms with Crippen LogP contribution in [0.25, 0.3) is 0 Å². The van der Waals surface area contributed by atoms with Gasteiger partial charge in [0, 0.05) is 57.4 Å². The van der Waals surface area contributed by atoms with E-state index in [9.17, 15) is 4.79 Å². The smallest absolute Gasteiger partial charge is 0.341 e. The van der Waals surface area contributed by atoms with Gasteiger partial charge in [-0.25, -0.2) is 4.79 Å². The lowest BCUT2D eigenvalue weighted by Gasteiger charge is -2.36. The lowest BCUT2D eigenvalue weighted by Crippen LogP contribution is -2.49. The highest BCUT2D eigenvalue weighted by Gasteiger charge is 2.29. The molecule has 24 heavy (non-hydrogen) atoms. The number of likely N-dealkylation sites (N-methyl/N-ethyl adjacent to an activating group) is 1. The maximum atomic E-state index is 10.7. The summed E-state index contributed by atoms with van der Waals surface area (Å²) in [7, 11) is 2.19. The van der Waals surface area contributed by atoms with E-state index in [1.807, 2.05) is 24.3 Å². The summed E-state index contributed by atoms with van der Waals surface area (Å²) >= 11 is 0. The first-order chi connectivity index (χ1) is 11.6. The summed E-state index contributed by atoms with van der Waals surface area (Å²) in [6.07, 6.45) is 1.21. The van der Waals surface area contributed by atoms with Crippen LogP contribution >= 0.6 is 0 Å². The van der Waals surface area contributed by atoms with Crippen LogP contribution < -0.4 is 4.74 Å². The van der Waals surface area contributed by atoms with E-state index in [1.165, 1.54) is 6.42 Å². The summed E-state index contributed by atoms with van der Waals surface area (Å²) < 4.78 is 5.42. The summed E-state index contributed by atoms with van der Waals surface area (Å²) in [6.45, 7) is 7.33. The maximum Gasteiger partial charge on any atom is 0.341 e. The van der Waals surface area contributed by atoms with Crippen LogP contribution in [0.1, 0.15) is 12.0 Å². The van der Waals surface area contributed by atoms with Gasteiger partial charge in [0.05, 0.1) is 0 Å². The van der Waals surface area contributed by atoms with Crippen molar-refractivity contribution < 1.29 is 14.6 Å². The first-order valence-electron chi connectivity index (χ1n) is 8.69. The molecule has 1 N–H and O–H groups in total. The van der Waals surface area contributed by atoms with Gasteiger partial charge in [0.2, 0.25) is 0 Å². The largest absolute Gasteiger partial charge is 0.482 e. The van der Waals surface area contributed by atoms with Crippen LogP contribution in [0.3, 0.4) is 0 Å². The molecule has 2 aliphatic rings. The molecule has 0 bridgehead atoms. The number of carbonyl (C=O) groups is 1. The molecule has 0 spiro atoms. The Labute approximate surface area is 143 Å². The van der Waals surface area contributed by atoms with E-state index < -0.39 is 5.97 Å². The number of rotatable bonds is 6. The number of hydrogen-bond donors (Lipinski definition) is 1. The number of nitrogens with zero attached hydrogens (tertiary/aromatic N) is 3. The molecule has 0 amide bonds. The molecular weight excluding hydrogens is 306 g/mol. The third-order valence-corrected chi connectivity index (χ3v) is 5.02. The molecule has 0 radical (unpaired) electrons. The zero-order valence-corrected chi connectivity index (χ0v) is 14.4. The third kappa shape index (κ3) is 4.47. The number of para-hydroxylation sites is 1. The van der Waals surface area contributed by atoms with E-state index in [1.54, 1.807) is 0 Å².